The van der Waals surface area contributed by atoms with E-state index >= 15 is 0 Å². The molecule has 4 rings (SSSR count). The quantitative estimate of drug-likeness (QED) is 0.168. The molecule has 1 N–H and O–H groups in total. The average Bonchev–Trinajstić information content (AvgIpc) is 3.17. The van der Waals surface area contributed by atoms with Crippen LogP contribution in [0.4, 0.5) is 8.78 Å². The van der Waals surface area contributed by atoms with Crippen molar-refractivity contribution in [2.45, 2.75) is 16.7 Å². The van der Waals surface area contributed by atoms with Crippen LogP contribution in [0.2, 0.25) is 10.0 Å². The Labute approximate surface area is 218 Å². The van der Waals surface area contributed by atoms with E-state index in [1.54, 1.807) is 43.1 Å². The lowest BCUT2D eigenvalue weighted by Gasteiger charge is -2.17. The van der Waals surface area contributed by atoms with Gasteiger partial charge in [-0.2, -0.15) is 0 Å². The number of imidazole rings is 1. The van der Waals surface area contributed by atoms with Crippen LogP contribution in [0, 0.1) is 15.3 Å². The molecule has 0 spiro atoms. The topological polar surface area (TPSA) is 37.9 Å². The van der Waals surface area contributed by atoms with Gasteiger partial charge in [-0.05, 0) is 75.7 Å². The molecule has 3 aromatic carbocycles. The number of halogens is 5. The summed E-state index contributed by atoms with van der Waals surface area (Å²) < 4.78 is 33.7. The van der Waals surface area contributed by atoms with Crippen LogP contribution in [-0.4, -0.2) is 17.1 Å². The molecule has 0 aliphatic heterocycles. The molecule has 0 atom stereocenters. The van der Waals surface area contributed by atoms with E-state index in [4.69, 9.17) is 32.9 Å². The number of nitrogens with zero attached hydrogens (tertiary/aromatic N) is 1. The lowest BCUT2D eigenvalue weighted by atomic mass is 9.90. The summed E-state index contributed by atoms with van der Waals surface area (Å²) in [4.78, 5) is 8.14. The predicted molar refractivity (Wildman–Crippen MR) is 138 cm³/mol. The van der Waals surface area contributed by atoms with E-state index < -0.39 is 17.6 Å². The Morgan fingerprint density at radius 1 is 0.970 bits per heavy atom. The highest BCUT2D eigenvalue weighted by Gasteiger charge is 2.24. The second-order valence-corrected chi connectivity index (χ2v) is 10.0. The van der Waals surface area contributed by atoms with Crippen LogP contribution in [0.25, 0.3) is 0 Å². The Bertz CT molecular complexity index is 1230. The van der Waals surface area contributed by atoms with Crippen LogP contribution in [0.3, 0.4) is 0 Å². The summed E-state index contributed by atoms with van der Waals surface area (Å²) in [6.45, 7) is 0. The van der Waals surface area contributed by atoms with Crippen molar-refractivity contribution in [2.75, 3.05) is 7.11 Å². The monoisotopic (exact) mass is 616 g/mol. The molecule has 4 aromatic rings. The van der Waals surface area contributed by atoms with Crippen molar-refractivity contribution in [1.82, 2.24) is 9.97 Å². The van der Waals surface area contributed by atoms with Gasteiger partial charge >= 0.3 is 0 Å². The molecule has 0 fully saturated rings. The van der Waals surface area contributed by atoms with E-state index in [9.17, 15) is 8.78 Å². The summed E-state index contributed by atoms with van der Waals surface area (Å²) in [5.74, 6) is 0.688. The van der Waals surface area contributed by atoms with Gasteiger partial charge in [-0.15, -0.1) is 0 Å². The van der Waals surface area contributed by atoms with E-state index in [1.165, 1.54) is 12.1 Å². The van der Waals surface area contributed by atoms with E-state index in [0.717, 1.165) is 25.8 Å². The van der Waals surface area contributed by atoms with Gasteiger partial charge < -0.3 is 9.72 Å². The summed E-state index contributed by atoms with van der Waals surface area (Å²) in [5, 5.41) is 0.829. The Balaban J connectivity index is 1.68. The summed E-state index contributed by atoms with van der Waals surface area (Å²) in [6, 6.07) is 16.9. The first-order valence-electron chi connectivity index (χ1n) is 9.76. The van der Waals surface area contributed by atoms with Gasteiger partial charge in [-0.1, -0.05) is 59.2 Å². The van der Waals surface area contributed by atoms with Gasteiger partial charge in [-0.3, -0.25) is 0 Å². The van der Waals surface area contributed by atoms with Gasteiger partial charge in [0.2, 0.25) is 0 Å². The second-order valence-electron chi connectivity index (χ2n) is 7.16. The normalized spacial score (nSPS) is 11.2. The Kier molecular flexibility index (Phi) is 7.83. The Hall–Kier alpha value is -1.81. The first-order chi connectivity index (χ1) is 15.9. The number of thioether (sulfide) groups is 1. The average molecular weight is 617 g/mol. The minimum atomic E-state index is -0.513. The summed E-state index contributed by atoms with van der Waals surface area (Å²) in [7, 11) is 1.64. The highest BCUT2D eigenvalue weighted by atomic mass is 127. The SMILES string of the molecule is COc1ccc(CSc2nc(C(c3ccc(F)c(Cl)c3)c3ccc(F)c(Cl)c3)[nH]c2I)cc1. The van der Waals surface area contributed by atoms with Crippen molar-refractivity contribution in [3.8, 4) is 5.75 Å². The maximum atomic E-state index is 13.8. The van der Waals surface area contributed by atoms with Crippen molar-refractivity contribution < 1.29 is 13.5 Å². The molecule has 0 saturated heterocycles. The molecule has 0 aliphatic carbocycles. The molecule has 0 unspecified atom stereocenters. The van der Waals surface area contributed by atoms with Crippen LogP contribution >= 0.6 is 57.6 Å². The third-order valence-electron chi connectivity index (χ3n) is 5.01. The van der Waals surface area contributed by atoms with Crippen LogP contribution in [-0.2, 0) is 5.75 Å². The van der Waals surface area contributed by atoms with Crippen LogP contribution < -0.4 is 4.74 Å². The number of nitrogens with one attached hydrogen (secondary N) is 1. The highest BCUT2D eigenvalue weighted by molar-refractivity contribution is 14.1. The van der Waals surface area contributed by atoms with Gasteiger partial charge in [0.1, 0.15) is 31.9 Å². The molecule has 0 bridgehead atoms. The maximum absolute atomic E-state index is 13.8. The fourth-order valence-corrected chi connectivity index (χ4v) is 5.43. The Morgan fingerprint density at radius 3 is 2.06 bits per heavy atom. The number of hydrogen-bond acceptors (Lipinski definition) is 3. The van der Waals surface area contributed by atoms with Crippen molar-refractivity contribution in [3.63, 3.8) is 0 Å². The van der Waals surface area contributed by atoms with Crippen molar-refractivity contribution in [2.24, 2.45) is 0 Å². The summed E-state index contributed by atoms with van der Waals surface area (Å²) >= 11 is 15.9. The van der Waals surface area contributed by atoms with E-state index in [2.05, 4.69) is 27.6 Å². The smallest absolute Gasteiger partial charge is 0.141 e. The molecule has 3 nitrogen and oxygen atoms in total. The number of aromatic amines is 1. The number of aromatic nitrogens is 2. The summed E-state index contributed by atoms with van der Waals surface area (Å²) in [6.07, 6.45) is 0. The molecular weight excluding hydrogens is 600 g/mol. The molecule has 0 radical (unpaired) electrons. The van der Waals surface area contributed by atoms with Crippen LogP contribution in [0.1, 0.15) is 28.4 Å². The van der Waals surface area contributed by atoms with E-state index in [0.29, 0.717) is 17.0 Å². The van der Waals surface area contributed by atoms with Crippen LogP contribution in [0.15, 0.2) is 65.7 Å². The summed E-state index contributed by atoms with van der Waals surface area (Å²) in [5.41, 5.74) is 2.55. The maximum Gasteiger partial charge on any atom is 0.141 e. The molecule has 0 saturated carbocycles. The zero-order valence-electron chi connectivity index (χ0n) is 17.2. The Morgan fingerprint density at radius 2 is 1.55 bits per heavy atom. The largest absolute Gasteiger partial charge is 0.497 e. The van der Waals surface area contributed by atoms with Gasteiger partial charge in [0.25, 0.3) is 0 Å². The van der Waals surface area contributed by atoms with E-state index in [-0.39, 0.29) is 10.0 Å². The number of hydrogen-bond donors (Lipinski definition) is 1. The number of ether oxygens (including phenoxy) is 1. The van der Waals surface area contributed by atoms with E-state index in [1.807, 2.05) is 24.3 Å². The second kappa shape index (κ2) is 10.6. The minimum Gasteiger partial charge on any atom is -0.497 e. The zero-order chi connectivity index (χ0) is 23.5. The van der Waals surface area contributed by atoms with Crippen molar-refractivity contribution in [3.05, 3.63) is 109 Å². The van der Waals surface area contributed by atoms with Crippen LogP contribution in [0.5, 0.6) is 5.75 Å². The third kappa shape index (κ3) is 5.65. The number of H-pyrrole nitrogens is 1. The molecule has 9 heteroatoms. The van der Waals surface area contributed by atoms with Crippen molar-refractivity contribution in [1.29, 1.82) is 0 Å². The van der Waals surface area contributed by atoms with Gasteiger partial charge in [0.15, 0.2) is 0 Å². The van der Waals surface area contributed by atoms with Gasteiger partial charge in [-0.25, -0.2) is 13.8 Å². The fraction of sp³-hybridized carbons (Fsp3) is 0.125. The molecule has 0 aliphatic rings. The molecule has 33 heavy (non-hydrogen) atoms. The zero-order valence-corrected chi connectivity index (χ0v) is 21.7. The number of methoxy groups -OCH3 is 1. The molecule has 1 heterocycles. The number of rotatable bonds is 7. The molecule has 170 valence electrons. The lowest BCUT2D eigenvalue weighted by molar-refractivity contribution is 0.414. The fourth-order valence-electron chi connectivity index (χ4n) is 3.35. The standard InChI is InChI=1S/C24H17Cl2F2IN2OS/c1-32-16-6-2-13(3-7-16)12-33-24-22(29)30-23(31-24)21(14-4-8-19(27)17(25)10-14)15-5-9-20(28)18(26)11-15/h2-11,21H,12H2,1H3,(H,30,31). The third-order valence-corrected chi connectivity index (χ3v) is 7.78. The lowest BCUT2D eigenvalue weighted by Crippen LogP contribution is -2.06. The minimum absolute atomic E-state index is 0.000987. The highest BCUT2D eigenvalue weighted by Crippen LogP contribution is 2.36. The molecular formula is C24H17Cl2F2IN2OS. The predicted octanol–water partition coefficient (Wildman–Crippen LogP) is 8.08. The molecule has 0 amide bonds. The first kappa shape index (κ1) is 24.3. The van der Waals surface area contributed by atoms with Gasteiger partial charge in [0.05, 0.1) is 23.1 Å². The number of benzene rings is 3. The molecule has 1 aromatic heterocycles. The van der Waals surface area contributed by atoms with Crippen molar-refractivity contribution >= 4 is 57.6 Å². The van der Waals surface area contributed by atoms with Gasteiger partial charge in [0, 0.05) is 5.75 Å². The first-order valence-corrected chi connectivity index (χ1v) is 12.6.